The molecule has 3 rings (SSSR count). The Morgan fingerprint density at radius 1 is 1.10 bits per heavy atom. The number of amides is 2. The molecule has 2 aromatic rings. The molecule has 1 aromatic heterocycles. The molecule has 0 spiro atoms. The lowest BCUT2D eigenvalue weighted by Crippen LogP contribution is -2.57. The van der Waals surface area contributed by atoms with Gasteiger partial charge in [-0.15, -0.1) is 0 Å². The number of pyridine rings is 1. The fraction of sp³-hybridized carbons (Fsp3) is 0.409. The highest BCUT2D eigenvalue weighted by atomic mass is 16.4. The minimum absolute atomic E-state index is 0.105. The zero-order valence-corrected chi connectivity index (χ0v) is 17.4. The summed E-state index contributed by atoms with van der Waals surface area (Å²) in [6, 6.07) is 13.1. The molecule has 1 saturated carbocycles. The van der Waals surface area contributed by atoms with Gasteiger partial charge in [0.15, 0.2) is 0 Å². The van der Waals surface area contributed by atoms with E-state index in [1.54, 1.807) is 12.1 Å². The molecule has 31 heavy (non-hydrogen) atoms. The summed E-state index contributed by atoms with van der Waals surface area (Å²) in [5.74, 6) is -1.83. The van der Waals surface area contributed by atoms with Crippen LogP contribution in [0.1, 0.15) is 43.1 Å². The number of aliphatic hydroxyl groups excluding tert-OH is 1. The van der Waals surface area contributed by atoms with Crippen LogP contribution >= 0.6 is 0 Å². The van der Waals surface area contributed by atoms with Crippen molar-refractivity contribution < 1.29 is 24.7 Å². The average molecular weight is 425 g/mol. The number of rotatable bonds is 9. The fourth-order valence-corrected chi connectivity index (χ4v) is 3.57. The quantitative estimate of drug-likeness (QED) is 0.380. The van der Waals surface area contributed by atoms with Gasteiger partial charge in [-0.2, -0.15) is 0 Å². The smallest absolute Gasteiger partial charge is 0.426 e. The van der Waals surface area contributed by atoms with Gasteiger partial charge < -0.3 is 25.8 Å². The van der Waals surface area contributed by atoms with E-state index < -0.39 is 37.0 Å². The second-order valence-electron chi connectivity index (χ2n) is 8.03. The monoisotopic (exact) mass is 425 g/mol. The third-order valence-corrected chi connectivity index (χ3v) is 5.60. The van der Waals surface area contributed by atoms with Gasteiger partial charge in [0.05, 0.1) is 17.7 Å². The van der Waals surface area contributed by atoms with Crippen molar-refractivity contribution in [3.63, 3.8) is 0 Å². The van der Waals surface area contributed by atoms with Crippen LogP contribution in [0.2, 0.25) is 0 Å². The number of nitrogens with one attached hydrogen (secondary N) is 2. The largest absolute Gasteiger partial charge is 0.475 e. The molecule has 8 nitrogen and oxygen atoms in total. The summed E-state index contributed by atoms with van der Waals surface area (Å²) in [6.45, 7) is 1.38. The molecule has 1 heterocycles. The summed E-state index contributed by atoms with van der Waals surface area (Å²) in [6.07, 6.45) is 2.30. The molecule has 0 bridgehead atoms. The summed E-state index contributed by atoms with van der Waals surface area (Å²) in [5.41, 5.74) is 1.56. The van der Waals surface area contributed by atoms with Gasteiger partial charge in [0.25, 0.3) is 5.91 Å². The van der Waals surface area contributed by atoms with Gasteiger partial charge in [-0.3, -0.25) is 9.59 Å². The first-order chi connectivity index (χ1) is 14.8. The number of hydrogen-bond donors (Lipinski definition) is 5. The lowest BCUT2D eigenvalue weighted by Gasteiger charge is -2.31. The van der Waals surface area contributed by atoms with Crippen LogP contribution in [-0.2, 0) is 4.79 Å². The van der Waals surface area contributed by atoms with Crippen LogP contribution in [0.15, 0.2) is 48.5 Å². The Labute approximate surface area is 181 Å². The van der Waals surface area contributed by atoms with Crippen molar-refractivity contribution in [2.75, 3.05) is 0 Å². The third kappa shape index (κ3) is 6.13. The molecule has 1 aromatic carbocycles. The standard InChI is InChI=1S/C22H28BN3O5/c1-14(27)20(22(29)25-19(23(30)31)13-15-7-5-8-15)26-21(28)18-12-6-11-17(24-18)16-9-3-2-4-10-16/h2-4,6,9-12,14-15,19-20,27,30-31H,5,7-8,13H2,1H3,(H,25,29)(H,26,28)/t14-,19?,20-/m0/s1. The van der Waals surface area contributed by atoms with Gasteiger partial charge in [0.1, 0.15) is 11.7 Å². The van der Waals surface area contributed by atoms with Crippen LogP contribution in [0.25, 0.3) is 11.3 Å². The molecule has 1 unspecified atom stereocenters. The van der Waals surface area contributed by atoms with Crippen LogP contribution < -0.4 is 10.6 Å². The van der Waals surface area contributed by atoms with Crippen molar-refractivity contribution in [3.05, 3.63) is 54.2 Å². The molecule has 164 valence electrons. The lowest BCUT2D eigenvalue weighted by atomic mass is 9.69. The van der Waals surface area contributed by atoms with E-state index in [0.717, 1.165) is 24.8 Å². The molecule has 2 amide bonds. The van der Waals surface area contributed by atoms with Gasteiger partial charge in [0.2, 0.25) is 5.91 Å². The Morgan fingerprint density at radius 2 is 1.81 bits per heavy atom. The SMILES string of the molecule is C[C@H](O)[C@H](NC(=O)c1cccc(-c2ccccc2)n1)C(=O)NC(CC1CCC1)B(O)O. The summed E-state index contributed by atoms with van der Waals surface area (Å²) < 4.78 is 0. The van der Waals surface area contributed by atoms with E-state index in [4.69, 9.17) is 0 Å². The predicted molar refractivity (Wildman–Crippen MR) is 117 cm³/mol. The molecular formula is C22H28BN3O5. The number of nitrogens with zero attached hydrogens (tertiary/aromatic N) is 1. The third-order valence-electron chi connectivity index (χ3n) is 5.60. The van der Waals surface area contributed by atoms with E-state index in [9.17, 15) is 24.7 Å². The van der Waals surface area contributed by atoms with Crippen molar-refractivity contribution in [3.8, 4) is 11.3 Å². The normalized spacial score (nSPS) is 16.5. The molecular weight excluding hydrogens is 397 g/mol. The second-order valence-corrected chi connectivity index (χ2v) is 8.03. The number of benzene rings is 1. The zero-order valence-electron chi connectivity index (χ0n) is 17.4. The van der Waals surface area contributed by atoms with E-state index in [0.29, 0.717) is 18.0 Å². The van der Waals surface area contributed by atoms with E-state index >= 15 is 0 Å². The molecule has 1 aliphatic carbocycles. The van der Waals surface area contributed by atoms with Gasteiger partial charge in [-0.25, -0.2) is 4.98 Å². The number of carbonyl (C=O) groups is 2. The van der Waals surface area contributed by atoms with E-state index in [-0.39, 0.29) is 5.69 Å². The molecule has 0 saturated heterocycles. The minimum Gasteiger partial charge on any atom is -0.426 e. The predicted octanol–water partition coefficient (Wildman–Crippen LogP) is 0.915. The number of hydrogen-bond acceptors (Lipinski definition) is 6. The van der Waals surface area contributed by atoms with Crippen LogP contribution in [-0.4, -0.2) is 57.2 Å². The highest BCUT2D eigenvalue weighted by Gasteiger charge is 2.34. The second kappa shape index (κ2) is 10.5. The molecule has 5 N–H and O–H groups in total. The van der Waals surface area contributed by atoms with E-state index in [1.165, 1.54) is 13.0 Å². The summed E-state index contributed by atoms with van der Waals surface area (Å²) in [5, 5.41) is 34.4. The van der Waals surface area contributed by atoms with E-state index in [1.807, 2.05) is 30.3 Å². The highest BCUT2D eigenvalue weighted by molar-refractivity contribution is 6.43. The van der Waals surface area contributed by atoms with Crippen LogP contribution in [0.4, 0.5) is 0 Å². The van der Waals surface area contributed by atoms with E-state index in [2.05, 4.69) is 15.6 Å². The topological polar surface area (TPSA) is 132 Å². The lowest BCUT2D eigenvalue weighted by molar-refractivity contribution is -0.125. The number of carbonyl (C=O) groups excluding carboxylic acids is 2. The minimum atomic E-state index is -1.72. The number of aromatic nitrogens is 1. The first-order valence-electron chi connectivity index (χ1n) is 10.5. The fourth-order valence-electron chi connectivity index (χ4n) is 3.57. The summed E-state index contributed by atoms with van der Waals surface area (Å²) >= 11 is 0. The van der Waals surface area contributed by atoms with Crippen molar-refractivity contribution in [2.45, 2.75) is 50.7 Å². The maximum Gasteiger partial charge on any atom is 0.475 e. The Hall–Kier alpha value is -2.75. The first-order valence-corrected chi connectivity index (χ1v) is 10.5. The van der Waals surface area contributed by atoms with Crippen LogP contribution in [0, 0.1) is 5.92 Å². The van der Waals surface area contributed by atoms with Gasteiger partial charge in [-0.1, -0.05) is 55.7 Å². The molecule has 1 aliphatic rings. The zero-order chi connectivity index (χ0) is 22.4. The Morgan fingerprint density at radius 3 is 2.39 bits per heavy atom. The maximum atomic E-state index is 12.7. The maximum absolute atomic E-state index is 12.7. The van der Waals surface area contributed by atoms with Crippen molar-refractivity contribution >= 4 is 18.9 Å². The Bertz CT molecular complexity index is 890. The van der Waals surface area contributed by atoms with Gasteiger partial charge in [0, 0.05) is 5.56 Å². The molecule has 0 aliphatic heterocycles. The van der Waals surface area contributed by atoms with Crippen molar-refractivity contribution in [1.29, 1.82) is 0 Å². The van der Waals surface area contributed by atoms with Gasteiger partial charge >= 0.3 is 7.12 Å². The Balaban J connectivity index is 1.69. The van der Waals surface area contributed by atoms with Crippen molar-refractivity contribution in [2.24, 2.45) is 5.92 Å². The Kier molecular flexibility index (Phi) is 7.78. The average Bonchev–Trinajstić information content (AvgIpc) is 2.73. The van der Waals surface area contributed by atoms with Crippen LogP contribution in [0.5, 0.6) is 0 Å². The highest BCUT2D eigenvalue weighted by Crippen LogP contribution is 2.30. The summed E-state index contributed by atoms with van der Waals surface area (Å²) in [7, 11) is -1.72. The molecule has 9 heteroatoms. The number of aliphatic hydroxyl groups is 1. The molecule has 0 radical (unpaired) electrons. The summed E-state index contributed by atoms with van der Waals surface area (Å²) in [4.78, 5) is 29.8. The molecule has 1 fully saturated rings. The van der Waals surface area contributed by atoms with Crippen LogP contribution in [0.3, 0.4) is 0 Å². The first kappa shape index (κ1) is 22.9. The molecule has 3 atom stereocenters. The van der Waals surface area contributed by atoms with Crippen molar-refractivity contribution in [1.82, 2.24) is 15.6 Å². The van der Waals surface area contributed by atoms with Gasteiger partial charge in [-0.05, 0) is 31.4 Å².